The van der Waals surface area contributed by atoms with Crippen LogP contribution in [0, 0.1) is 19.7 Å². The van der Waals surface area contributed by atoms with E-state index in [-0.39, 0.29) is 20.5 Å². The van der Waals surface area contributed by atoms with Gasteiger partial charge in [0.15, 0.2) is 0 Å². The van der Waals surface area contributed by atoms with Crippen LogP contribution in [0.25, 0.3) is 0 Å². The van der Waals surface area contributed by atoms with Gasteiger partial charge in [-0.05, 0) is 55.8 Å². The molecule has 1 heterocycles. The fourth-order valence-corrected chi connectivity index (χ4v) is 4.82. The molecule has 0 bridgehead atoms. The summed E-state index contributed by atoms with van der Waals surface area (Å²) in [5.41, 5.74) is 0.185. The Labute approximate surface area is 177 Å². The summed E-state index contributed by atoms with van der Waals surface area (Å²) >= 11 is 5.71. The number of anilines is 1. The quantitative estimate of drug-likeness (QED) is 0.644. The summed E-state index contributed by atoms with van der Waals surface area (Å²) in [6, 6.07) is 12.8. The van der Waals surface area contributed by atoms with Crippen molar-refractivity contribution in [2.75, 3.05) is 5.32 Å². The van der Waals surface area contributed by atoms with Crippen LogP contribution in [0.1, 0.15) is 11.3 Å². The molecule has 1 aromatic heterocycles. The molecule has 0 aliphatic carbocycles. The zero-order valence-electron chi connectivity index (χ0n) is 16.1. The Morgan fingerprint density at radius 3 is 2.40 bits per heavy atom. The van der Waals surface area contributed by atoms with Crippen LogP contribution in [0.2, 0.25) is 5.02 Å². The molecule has 1 N–H and O–H groups in total. The number of rotatable bonds is 5. The summed E-state index contributed by atoms with van der Waals surface area (Å²) in [5, 5.41) is 2.36. The van der Waals surface area contributed by atoms with Crippen molar-refractivity contribution in [1.82, 2.24) is 4.57 Å². The summed E-state index contributed by atoms with van der Waals surface area (Å²) in [6.45, 7) is 2.72. The zero-order valence-corrected chi connectivity index (χ0v) is 17.7. The number of carbonyl (C=O) groups is 1. The number of sulfone groups is 1. The maximum atomic E-state index is 13.3. The number of halogens is 2. The lowest BCUT2D eigenvalue weighted by atomic mass is 10.2. The average molecular weight is 449 g/mol. The SMILES string of the molecule is Cc1cc(C)n(CC(=O)Nc2ccc(F)c(Cl)c2)c(=O)c1S(=O)(=O)c1ccccc1. The molecule has 3 rings (SSSR count). The van der Waals surface area contributed by atoms with E-state index < -0.39 is 33.7 Å². The number of aryl methyl sites for hydroxylation is 2. The van der Waals surface area contributed by atoms with Crippen LogP contribution < -0.4 is 10.9 Å². The van der Waals surface area contributed by atoms with Gasteiger partial charge in [-0.2, -0.15) is 0 Å². The Balaban J connectivity index is 1.98. The highest BCUT2D eigenvalue weighted by molar-refractivity contribution is 7.91. The number of amides is 1. The van der Waals surface area contributed by atoms with Gasteiger partial charge >= 0.3 is 0 Å². The second-order valence-electron chi connectivity index (χ2n) is 6.68. The van der Waals surface area contributed by atoms with Gasteiger partial charge in [-0.3, -0.25) is 9.59 Å². The molecule has 3 aromatic rings. The van der Waals surface area contributed by atoms with Gasteiger partial charge in [-0.1, -0.05) is 29.8 Å². The summed E-state index contributed by atoms with van der Waals surface area (Å²) < 4.78 is 40.4. The number of aromatic nitrogens is 1. The predicted molar refractivity (Wildman–Crippen MR) is 112 cm³/mol. The van der Waals surface area contributed by atoms with E-state index in [1.807, 2.05) is 0 Å². The molecule has 6 nitrogen and oxygen atoms in total. The first-order valence-electron chi connectivity index (χ1n) is 8.87. The summed E-state index contributed by atoms with van der Waals surface area (Å²) in [7, 11) is -4.07. The number of carbonyl (C=O) groups excluding carboxylic acids is 1. The highest BCUT2D eigenvalue weighted by atomic mass is 35.5. The first-order valence-corrected chi connectivity index (χ1v) is 10.7. The van der Waals surface area contributed by atoms with E-state index >= 15 is 0 Å². The van der Waals surface area contributed by atoms with E-state index in [1.165, 1.54) is 31.2 Å². The van der Waals surface area contributed by atoms with Crippen molar-refractivity contribution in [3.8, 4) is 0 Å². The maximum absolute atomic E-state index is 13.3. The number of hydrogen-bond donors (Lipinski definition) is 1. The van der Waals surface area contributed by atoms with Gasteiger partial charge < -0.3 is 9.88 Å². The molecule has 0 aliphatic rings. The molecular formula is C21H18ClFN2O4S. The first-order chi connectivity index (χ1) is 14.1. The Morgan fingerprint density at radius 2 is 1.77 bits per heavy atom. The zero-order chi connectivity index (χ0) is 22.1. The van der Waals surface area contributed by atoms with E-state index in [9.17, 15) is 22.4 Å². The minimum absolute atomic E-state index is 0.00833. The van der Waals surface area contributed by atoms with E-state index in [4.69, 9.17) is 11.6 Å². The lowest BCUT2D eigenvalue weighted by molar-refractivity contribution is -0.116. The van der Waals surface area contributed by atoms with Crippen molar-refractivity contribution in [3.63, 3.8) is 0 Å². The molecule has 156 valence electrons. The standard InChI is InChI=1S/C21H18ClFN2O4S/c1-13-10-14(2)25(12-19(26)24-15-8-9-18(23)17(22)11-15)21(27)20(13)30(28,29)16-6-4-3-5-7-16/h3-11H,12H2,1-2H3,(H,24,26). The van der Waals surface area contributed by atoms with Crippen LogP contribution in [0.4, 0.5) is 10.1 Å². The molecule has 9 heteroatoms. The largest absolute Gasteiger partial charge is 0.324 e. The van der Waals surface area contributed by atoms with E-state index in [0.29, 0.717) is 11.3 Å². The van der Waals surface area contributed by atoms with Crippen LogP contribution in [0.15, 0.2) is 69.2 Å². The normalized spacial score (nSPS) is 11.3. The molecule has 0 aliphatic heterocycles. The van der Waals surface area contributed by atoms with Crippen molar-refractivity contribution in [3.05, 3.63) is 87.0 Å². The summed E-state index contributed by atoms with van der Waals surface area (Å²) in [4.78, 5) is 25.1. The Morgan fingerprint density at radius 1 is 1.10 bits per heavy atom. The molecule has 0 radical (unpaired) electrons. The lowest BCUT2D eigenvalue weighted by Crippen LogP contribution is -2.33. The summed E-state index contributed by atoms with van der Waals surface area (Å²) in [6.07, 6.45) is 0. The van der Waals surface area contributed by atoms with Gasteiger partial charge in [0.05, 0.1) is 9.92 Å². The Hall–Kier alpha value is -2.97. The number of benzene rings is 2. The van der Waals surface area contributed by atoms with Crippen molar-refractivity contribution >= 4 is 33.0 Å². The topological polar surface area (TPSA) is 85.2 Å². The second-order valence-corrected chi connectivity index (χ2v) is 8.98. The van der Waals surface area contributed by atoms with Crippen molar-refractivity contribution in [1.29, 1.82) is 0 Å². The molecule has 0 unspecified atom stereocenters. The molecule has 0 saturated carbocycles. The molecule has 0 saturated heterocycles. The average Bonchev–Trinajstić information content (AvgIpc) is 2.68. The molecule has 2 aromatic carbocycles. The molecule has 0 fully saturated rings. The van der Waals surface area contributed by atoms with E-state index in [1.54, 1.807) is 31.2 Å². The van der Waals surface area contributed by atoms with Gasteiger partial charge in [0, 0.05) is 11.4 Å². The number of pyridine rings is 1. The van der Waals surface area contributed by atoms with Crippen LogP contribution >= 0.6 is 11.6 Å². The van der Waals surface area contributed by atoms with Gasteiger partial charge in [-0.25, -0.2) is 12.8 Å². The van der Waals surface area contributed by atoms with Crippen molar-refractivity contribution in [2.45, 2.75) is 30.2 Å². The molecule has 0 atom stereocenters. The highest BCUT2D eigenvalue weighted by Crippen LogP contribution is 2.22. The van der Waals surface area contributed by atoms with Gasteiger partial charge in [0.25, 0.3) is 5.56 Å². The number of nitrogens with zero attached hydrogens (tertiary/aromatic N) is 1. The van der Waals surface area contributed by atoms with Crippen molar-refractivity contribution < 1.29 is 17.6 Å². The van der Waals surface area contributed by atoms with E-state index in [2.05, 4.69) is 5.32 Å². The smallest absolute Gasteiger partial charge is 0.270 e. The molecule has 1 amide bonds. The fraction of sp³-hybridized carbons (Fsp3) is 0.143. The number of nitrogens with one attached hydrogen (secondary N) is 1. The maximum Gasteiger partial charge on any atom is 0.270 e. The third kappa shape index (κ3) is 4.29. The lowest BCUT2D eigenvalue weighted by Gasteiger charge is -2.15. The fourth-order valence-electron chi connectivity index (χ4n) is 3.07. The molecule has 0 spiro atoms. The van der Waals surface area contributed by atoms with Crippen LogP contribution in [0.5, 0.6) is 0 Å². The minimum atomic E-state index is -4.07. The Bertz CT molecular complexity index is 1290. The third-order valence-electron chi connectivity index (χ3n) is 4.48. The third-order valence-corrected chi connectivity index (χ3v) is 6.69. The molecular weight excluding hydrogens is 431 g/mol. The van der Waals surface area contributed by atoms with Gasteiger partial charge in [0.2, 0.25) is 15.7 Å². The number of hydrogen-bond acceptors (Lipinski definition) is 4. The van der Waals surface area contributed by atoms with Crippen LogP contribution in [0.3, 0.4) is 0 Å². The monoisotopic (exact) mass is 448 g/mol. The van der Waals surface area contributed by atoms with Crippen LogP contribution in [-0.4, -0.2) is 18.9 Å². The van der Waals surface area contributed by atoms with Gasteiger partial charge in [-0.15, -0.1) is 0 Å². The second kappa shape index (κ2) is 8.41. The van der Waals surface area contributed by atoms with E-state index in [0.717, 1.165) is 10.6 Å². The highest BCUT2D eigenvalue weighted by Gasteiger charge is 2.26. The minimum Gasteiger partial charge on any atom is -0.324 e. The summed E-state index contributed by atoms with van der Waals surface area (Å²) in [5.74, 6) is -1.22. The molecule has 30 heavy (non-hydrogen) atoms. The Kier molecular flexibility index (Phi) is 6.09. The van der Waals surface area contributed by atoms with Gasteiger partial charge in [0.1, 0.15) is 17.3 Å². The van der Waals surface area contributed by atoms with Crippen molar-refractivity contribution in [2.24, 2.45) is 0 Å². The predicted octanol–water partition coefficient (Wildman–Crippen LogP) is 3.73. The first kappa shape index (κ1) is 21.7. The van der Waals surface area contributed by atoms with Crippen LogP contribution in [-0.2, 0) is 21.2 Å².